The average Bonchev–Trinajstić information content (AvgIpc) is 2.87. The van der Waals surface area contributed by atoms with Gasteiger partial charge in [0, 0.05) is 31.7 Å². The summed E-state index contributed by atoms with van der Waals surface area (Å²) in [7, 11) is 0. The van der Waals surface area contributed by atoms with Crippen LogP contribution in [0.15, 0.2) is 54.6 Å². The second-order valence-electron chi connectivity index (χ2n) is 7.55. The summed E-state index contributed by atoms with van der Waals surface area (Å²) < 4.78 is 0. The molecule has 0 aromatic heterocycles. The zero-order valence-corrected chi connectivity index (χ0v) is 14.8. The van der Waals surface area contributed by atoms with Gasteiger partial charge in [-0.1, -0.05) is 42.5 Å². The van der Waals surface area contributed by atoms with Crippen molar-refractivity contribution in [2.24, 2.45) is 0 Å². The number of phenols is 1. The zero-order chi connectivity index (χ0) is 17.1. The molecule has 2 bridgehead atoms. The molecule has 2 aliphatic heterocycles. The smallest absolute Gasteiger partial charge is 0.115 e. The summed E-state index contributed by atoms with van der Waals surface area (Å²) in [6.07, 6.45) is 5.13. The Hall–Kier alpha value is -1.84. The predicted molar refractivity (Wildman–Crippen MR) is 102 cm³/mol. The third-order valence-electron chi connectivity index (χ3n) is 5.94. The van der Waals surface area contributed by atoms with Crippen LogP contribution in [0.3, 0.4) is 0 Å². The van der Waals surface area contributed by atoms with Crippen molar-refractivity contribution in [1.29, 1.82) is 0 Å². The van der Waals surface area contributed by atoms with Crippen LogP contribution < -0.4 is 5.32 Å². The highest BCUT2D eigenvalue weighted by Gasteiger charge is 2.40. The van der Waals surface area contributed by atoms with Crippen molar-refractivity contribution in [3.63, 3.8) is 0 Å². The lowest BCUT2D eigenvalue weighted by Gasteiger charge is -2.39. The highest BCUT2D eigenvalue weighted by atomic mass is 16.3. The summed E-state index contributed by atoms with van der Waals surface area (Å²) in [5.41, 5.74) is 2.67. The monoisotopic (exact) mass is 336 g/mol. The zero-order valence-electron chi connectivity index (χ0n) is 14.8. The SMILES string of the molecule is Oc1cccc(C2CC3CCC(C2)N3CCNCc2ccccc2)c1. The Morgan fingerprint density at radius 1 is 0.960 bits per heavy atom. The molecule has 4 rings (SSSR count). The number of fused-ring (bicyclic) bond motifs is 2. The van der Waals surface area contributed by atoms with Crippen molar-refractivity contribution < 1.29 is 5.11 Å². The van der Waals surface area contributed by atoms with Crippen LogP contribution in [-0.4, -0.2) is 35.2 Å². The summed E-state index contributed by atoms with van der Waals surface area (Å²) in [5, 5.41) is 13.4. The summed E-state index contributed by atoms with van der Waals surface area (Å²) in [4.78, 5) is 2.73. The van der Waals surface area contributed by atoms with Gasteiger partial charge in [-0.15, -0.1) is 0 Å². The molecule has 2 saturated heterocycles. The minimum atomic E-state index is 0.400. The van der Waals surface area contributed by atoms with Crippen LogP contribution in [0.4, 0.5) is 0 Å². The van der Waals surface area contributed by atoms with Gasteiger partial charge < -0.3 is 10.4 Å². The Kier molecular flexibility index (Phi) is 5.04. The summed E-state index contributed by atoms with van der Waals surface area (Å²) >= 11 is 0. The van der Waals surface area contributed by atoms with Crippen molar-refractivity contribution in [2.45, 2.75) is 50.2 Å². The van der Waals surface area contributed by atoms with Gasteiger partial charge in [-0.05, 0) is 54.9 Å². The second kappa shape index (κ2) is 7.59. The fourth-order valence-electron chi connectivity index (χ4n) is 4.73. The first-order valence-electron chi connectivity index (χ1n) is 9.59. The van der Waals surface area contributed by atoms with E-state index in [0.29, 0.717) is 23.8 Å². The molecule has 0 saturated carbocycles. The maximum atomic E-state index is 9.76. The average molecular weight is 336 g/mol. The van der Waals surface area contributed by atoms with Crippen LogP contribution in [0.25, 0.3) is 0 Å². The van der Waals surface area contributed by atoms with Crippen LogP contribution in [-0.2, 0) is 6.54 Å². The Morgan fingerprint density at radius 2 is 1.72 bits per heavy atom. The molecule has 0 amide bonds. The molecule has 2 heterocycles. The van der Waals surface area contributed by atoms with Crippen LogP contribution in [0.1, 0.15) is 42.7 Å². The number of hydrogen-bond acceptors (Lipinski definition) is 3. The van der Waals surface area contributed by atoms with Gasteiger partial charge in [0.25, 0.3) is 0 Å². The quantitative estimate of drug-likeness (QED) is 0.786. The van der Waals surface area contributed by atoms with Crippen LogP contribution in [0.5, 0.6) is 5.75 Å². The van der Waals surface area contributed by atoms with Crippen molar-refractivity contribution in [2.75, 3.05) is 13.1 Å². The van der Waals surface area contributed by atoms with Gasteiger partial charge in [0.2, 0.25) is 0 Å². The standard InChI is InChI=1S/C22H28N2O/c25-22-8-4-7-18(15-22)19-13-20-9-10-21(14-19)24(20)12-11-23-16-17-5-2-1-3-6-17/h1-8,15,19-21,23,25H,9-14,16H2. The molecule has 3 nitrogen and oxygen atoms in total. The number of phenolic OH excluding ortho intramolecular Hbond substituents is 1. The Bertz CT molecular complexity index is 673. The lowest BCUT2D eigenvalue weighted by Crippen LogP contribution is -2.45. The van der Waals surface area contributed by atoms with Crippen molar-refractivity contribution >= 4 is 0 Å². The first kappa shape index (κ1) is 16.6. The van der Waals surface area contributed by atoms with Crippen LogP contribution in [0, 0.1) is 0 Å². The molecule has 25 heavy (non-hydrogen) atoms. The molecule has 0 spiro atoms. The minimum Gasteiger partial charge on any atom is -0.508 e. The Balaban J connectivity index is 1.29. The molecule has 2 atom stereocenters. The number of hydrogen-bond donors (Lipinski definition) is 2. The third kappa shape index (κ3) is 3.88. The molecular weight excluding hydrogens is 308 g/mol. The van der Waals surface area contributed by atoms with E-state index >= 15 is 0 Å². The van der Waals surface area contributed by atoms with Gasteiger partial charge in [0.1, 0.15) is 5.75 Å². The molecule has 3 heteroatoms. The predicted octanol–water partition coefficient (Wildman–Crippen LogP) is 3.89. The van der Waals surface area contributed by atoms with Crippen molar-refractivity contribution in [3.05, 3.63) is 65.7 Å². The van der Waals surface area contributed by atoms with E-state index in [9.17, 15) is 5.11 Å². The van der Waals surface area contributed by atoms with Gasteiger partial charge in [-0.25, -0.2) is 0 Å². The van der Waals surface area contributed by atoms with E-state index < -0.39 is 0 Å². The Labute approximate surface area is 150 Å². The molecule has 2 aliphatic rings. The molecule has 2 aromatic carbocycles. The largest absolute Gasteiger partial charge is 0.508 e. The van der Waals surface area contributed by atoms with Gasteiger partial charge in [0.15, 0.2) is 0 Å². The molecule has 2 fully saturated rings. The van der Waals surface area contributed by atoms with Gasteiger partial charge in [-0.2, -0.15) is 0 Å². The molecule has 2 unspecified atom stereocenters. The Morgan fingerprint density at radius 3 is 2.44 bits per heavy atom. The maximum Gasteiger partial charge on any atom is 0.115 e. The van der Waals surface area contributed by atoms with E-state index in [1.165, 1.54) is 36.8 Å². The number of piperidine rings is 1. The van der Waals surface area contributed by atoms with E-state index in [-0.39, 0.29) is 0 Å². The topological polar surface area (TPSA) is 35.5 Å². The van der Waals surface area contributed by atoms with Crippen LogP contribution >= 0.6 is 0 Å². The van der Waals surface area contributed by atoms with E-state index in [2.05, 4.69) is 46.6 Å². The minimum absolute atomic E-state index is 0.400. The molecular formula is C22H28N2O. The van der Waals surface area contributed by atoms with E-state index in [1.807, 2.05) is 12.1 Å². The number of nitrogens with one attached hydrogen (secondary N) is 1. The van der Waals surface area contributed by atoms with E-state index in [4.69, 9.17) is 0 Å². The molecule has 132 valence electrons. The first-order valence-corrected chi connectivity index (χ1v) is 9.59. The van der Waals surface area contributed by atoms with Crippen molar-refractivity contribution in [3.8, 4) is 5.75 Å². The molecule has 2 N–H and O–H groups in total. The number of aromatic hydroxyl groups is 1. The number of nitrogens with zero attached hydrogens (tertiary/aromatic N) is 1. The second-order valence-corrected chi connectivity index (χ2v) is 7.55. The lowest BCUT2D eigenvalue weighted by atomic mass is 9.85. The van der Waals surface area contributed by atoms with Gasteiger partial charge >= 0.3 is 0 Å². The van der Waals surface area contributed by atoms with Crippen LogP contribution in [0.2, 0.25) is 0 Å². The molecule has 0 radical (unpaired) electrons. The highest BCUT2D eigenvalue weighted by molar-refractivity contribution is 5.30. The van der Waals surface area contributed by atoms with Gasteiger partial charge in [-0.3, -0.25) is 4.90 Å². The van der Waals surface area contributed by atoms with E-state index in [1.54, 1.807) is 6.07 Å². The fraction of sp³-hybridized carbons (Fsp3) is 0.455. The van der Waals surface area contributed by atoms with Gasteiger partial charge in [0.05, 0.1) is 0 Å². The molecule has 0 aliphatic carbocycles. The van der Waals surface area contributed by atoms with E-state index in [0.717, 1.165) is 19.6 Å². The van der Waals surface area contributed by atoms with Crippen molar-refractivity contribution in [1.82, 2.24) is 10.2 Å². The normalized spacial score (nSPS) is 26.0. The first-order chi connectivity index (χ1) is 12.3. The summed E-state index contributed by atoms with van der Waals surface area (Å²) in [6, 6.07) is 19.9. The number of benzene rings is 2. The molecule has 2 aromatic rings. The third-order valence-corrected chi connectivity index (χ3v) is 5.94. The highest BCUT2D eigenvalue weighted by Crippen LogP contribution is 2.43. The summed E-state index contributed by atoms with van der Waals surface area (Å²) in [6.45, 7) is 3.16. The lowest BCUT2D eigenvalue weighted by molar-refractivity contribution is 0.127. The number of rotatable bonds is 6. The fourth-order valence-corrected chi connectivity index (χ4v) is 4.73. The summed E-state index contributed by atoms with van der Waals surface area (Å²) in [5.74, 6) is 1.01. The maximum absolute atomic E-state index is 9.76.